The molecule has 4 nitrogen and oxygen atoms in total. The topological polar surface area (TPSA) is 62.2 Å². The molecule has 0 fully saturated rings. The first-order chi connectivity index (χ1) is 9.17. The number of carboxylic acid groups (broad SMARTS) is 1. The third kappa shape index (κ3) is 2.33. The van der Waals surface area contributed by atoms with Gasteiger partial charge in [-0.3, -0.25) is 4.79 Å². The summed E-state index contributed by atoms with van der Waals surface area (Å²) in [7, 11) is 1.88. The van der Waals surface area contributed by atoms with Crippen molar-refractivity contribution in [2.75, 3.05) is 18.1 Å². The van der Waals surface area contributed by atoms with Crippen LogP contribution in [0.5, 0.6) is 0 Å². The zero-order valence-electron chi connectivity index (χ0n) is 10.2. The van der Waals surface area contributed by atoms with Crippen molar-refractivity contribution in [3.63, 3.8) is 0 Å². The highest BCUT2D eigenvalue weighted by molar-refractivity contribution is 8.08. The summed E-state index contributed by atoms with van der Waals surface area (Å²) in [6.07, 6.45) is 1.81. The lowest BCUT2D eigenvalue weighted by atomic mass is 10.2. The lowest BCUT2D eigenvalue weighted by molar-refractivity contribution is -0.139. The molecule has 0 unspecified atom stereocenters. The van der Waals surface area contributed by atoms with Crippen molar-refractivity contribution in [2.24, 2.45) is 5.92 Å². The maximum atomic E-state index is 11.0. The summed E-state index contributed by atoms with van der Waals surface area (Å²) in [6, 6.07) is 6.03. The lowest BCUT2D eigenvalue weighted by Gasteiger charge is -1.96. The predicted molar refractivity (Wildman–Crippen MR) is 80.7 cm³/mol. The first kappa shape index (κ1) is 12.5. The van der Waals surface area contributed by atoms with Crippen molar-refractivity contribution in [3.05, 3.63) is 29.3 Å². The average molecular weight is 292 g/mol. The van der Waals surface area contributed by atoms with Crippen LogP contribution in [0.3, 0.4) is 0 Å². The monoisotopic (exact) mass is 292 g/mol. The molecule has 0 bridgehead atoms. The molecule has 1 aliphatic rings. The van der Waals surface area contributed by atoms with E-state index >= 15 is 0 Å². The Bertz CT molecular complexity index is 678. The number of aliphatic carboxylic acids is 1. The number of benzene rings is 1. The molecule has 3 rings (SSSR count). The third-order valence-electron chi connectivity index (χ3n) is 2.98. The maximum absolute atomic E-state index is 11.0. The van der Waals surface area contributed by atoms with Crippen LogP contribution >= 0.6 is 23.1 Å². The van der Waals surface area contributed by atoms with Gasteiger partial charge in [-0.05, 0) is 18.2 Å². The highest BCUT2D eigenvalue weighted by Gasteiger charge is 2.25. The molecule has 6 heteroatoms. The Morgan fingerprint density at radius 2 is 2.37 bits per heavy atom. The zero-order chi connectivity index (χ0) is 13.4. The summed E-state index contributed by atoms with van der Waals surface area (Å²) in [6.45, 7) is 0. The molecule has 2 aromatic rings. The number of fused-ring (bicyclic) bond motifs is 1. The van der Waals surface area contributed by atoms with Crippen LogP contribution in [0.4, 0.5) is 5.69 Å². The minimum atomic E-state index is -0.763. The molecule has 1 aromatic carbocycles. The number of carboxylic acids is 1. The van der Waals surface area contributed by atoms with Crippen molar-refractivity contribution >= 4 is 49.9 Å². The summed E-state index contributed by atoms with van der Waals surface area (Å²) < 4.78 is 1.11. The molecule has 0 amide bonds. The van der Waals surface area contributed by atoms with Gasteiger partial charge in [0.05, 0.1) is 16.1 Å². The van der Waals surface area contributed by atoms with Gasteiger partial charge >= 0.3 is 5.97 Å². The van der Waals surface area contributed by atoms with E-state index in [0.29, 0.717) is 5.75 Å². The molecule has 0 saturated carbocycles. The molecule has 1 atom stereocenters. The molecule has 19 heavy (non-hydrogen) atoms. The predicted octanol–water partition coefficient (Wildman–Crippen LogP) is 3.13. The number of thioether (sulfide) groups is 1. The highest BCUT2D eigenvalue weighted by Crippen LogP contribution is 2.40. The van der Waals surface area contributed by atoms with Crippen molar-refractivity contribution < 1.29 is 9.90 Å². The number of nitrogens with one attached hydrogen (secondary N) is 1. The number of anilines is 1. The second kappa shape index (κ2) is 4.86. The van der Waals surface area contributed by atoms with Crippen LogP contribution in [0.15, 0.2) is 24.3 Å². The average Bonchev–Trinajstić information content (AvgIpc) is 3.04. The van der Waals surface area contributed by atoms with E-state index in [-0.39, 0.29) is 5.92 Å². The first-order valence-electron chi connectivity index (χ1n) is 5.83. The molecule has 0 saturated heterocycles. The van der Waals surface area contributed by atoms with Crippen LogP contribution < -0.4 is 5.32 Å². The summed E-state index contributed by atoms with van der Waals surface area (Å²) >= 11 is 3.17. The molecule has 0 spiro atoms. The van der Waals surface area contributed by atoms with Crippen molar-refractivity contribution in [1.29, 1.82) is 0 Å². The Balaban J connectivity index is 1.98. The minimum Gasteiger partial charge on any atom is -0.481 e. The number of aromatic nitrogens is 1. The Hall–Kier alpha value is -1.53. The summed E-state index contributed by atoms with van der Waals surface area (Å²) in [5.74, 6) is -0.552. The van der Waals surface area contributed by atoms with Gasteiger partial charge in [0.2, 0.25) is 0 Å². The van der Waals surface area contributed by atoms with Crippen LogP contribution in [-0.4, -0.2) is 28.9 Å². The van der Waals surface area contributed by atoms with Gasteiger partial charge in [-0.2, -0.15) is 0 Å². The summed E-state index contributed by atoms with van der Waals surface area (Å²) in [5, 5.41) is 13.0. The maximum Gasteiger partial charge on any atom is 0.311 e. The molecule has 0 aliphatic carbocycles. The second-order valence-corrected chi connectivity index (χ2v) is 6.33. The van der Waals surface area contributed by atoms with Gasteiger partial charge in [0.1, 0.15) is 5.01 Å². The van der Waals surface area contributed by atoms with E-state index in [1.54, 1.807) is 23.1 Å². The molecular formula is C13H12N2O2S2. The van der Waals surface area contributed by atoms with Gasteiger partial charge in [-0.1, -0.05) is 6.08 Å². The van der Waals surface area contributed by atoms with Crippen molar-refractivity contribution in [1.82, 2.24) is 4.98 Å². The molecule has 1 aliphatic heterocycles. The van der Waals surface area contributed by atoms with Gasteiger partial charge in [0, 0.05) is 23.4 Å². The minimum absolute atomic E-state index is 0.389. The number of nitrogens with zero attached hydrogens (tertiary/aromatic N) is 1. The van der Waals surface area contributed by atoms with E-state index in [4.69, 9.17) is 5.11 Å². The van der Waals surface area contributed by atoms with Crippen molar-refractivity contribution in [3.8, 4) is 0 Å². The van der Waals surface area contributed by atoms with E-state index < -0.39 is 5.97 Å². The normalized spacial score (nSPS) is 18.6. The van der Waals surface area contributed by atoms with Crippen LogP contribution in [0.25, 0.3) is 15.1 Å². The van der Waals surface area contributed by atoms with Gasteiger partial charge in [-0.25, -0.2) is 4.98 Å². The molecule has 2 heterocycles. The van der Waals surface area contributed by atoms with Crippen LogP contribution in [0, 0.1) is 5.92 Å². The SMILES string of the molecule is CNc1ccc2nc(C3=C[C@@H](C(=O)O)CS3)sc2c1. The van der Waals surface area contributed by atoms with Crippen molar-refractivity contribution in [2.45, 2.75) is 0 Å². The van der Waals surface area contributed by atoms with Gasteiger partial charge < -0.3 is 10.4 Å². The molecular weight excluding hydrogens is 280 g/mol. The number of hydrogen-bond donors (Lipinski definition) is 2. The van der Waals surface area contributed by atoms with E-state index in [2.05, 4.69) is 16.4 Å². The first-order valence-corrected chi connectivity index (χ1v) is 7.64. The fourth-order valence-corrected chi connectivity index (χ4v) is 4.17. The number of carbonyl (C=O) groups is 1. The molecule has 2 N–H and O–H groups in total. The second-order valence-electron chi connectivity index (χ2n) is 4.24. The summed E-state index contributed by atoms with van der Waals surface area (Å²) in [5.41, 5.74) is 2.01. The van der Waals surface area contributed by atoms with Crippen LogP contribution in [0.2, 0.25) is 0 Å². The fraction of sp³-hybridized carbons (Fsp3) is 0.231. The zero-order valence-corrected chi connectivity index (χ0v) is 11.8. The summed E-state index contributed by atoms with van der Waals surface area (Å²) in [4.78, 5) is 16.5. The van der Waals surface area contributed by atoms with E-state index in [1.165, 1.54) is 0 Å². The van der Waals surface area contributed by atoms with E-state index in [1.807, 2.05) is 25.3 Å². The lowest BCUT2D eigenvalue weighted by Crippen LogP contribution is -2.10. The standard InChI is InChI=1S/C13H12N2O2S2/c1-14-8-2-3-9-10(5-8)19-12(15-9)11-4-7(6-18-11)13(16)17/h2-5,7,14H,6H2,1H3,(H,16,17)/t7-/m1/s1. The van der Waals surface area contributed by atoms with E-state index in [9.17, 15) is 4.79 Å². The van der Waals surface area contributed by atoms with Gasteiger partial charge in [-0.15, -0.1) is 23.1 Å². The molecule has 0 radical (unpaired) electrons. The fourth-order valence-electron chi connectivity index (χ4n) is 1.92. The highest BCUT2D eigenvalue weighted by atomic mass is 32.2. The van der Waals surface area contributed by atoms with Crippen LogP contribution in [0.1, 0.15) is 5.01 Å². The quantitative estimate of drug-likeness (QED) is 0.910. The number of thiazole rings is 1. The largest absolute Gasteiger partial charge is 0.481 e. The Labute approximate surface area is 118 Å². The van der Waals surface area contributed by atoms with Gasteiger partial charge in [0.25, 0.3) is 0 Å². The smallest absolute Gasteiger partial charge is 0.311 e. The third-order valence-corrected chi connectivity index (χ3v) is 5.32. The van der Waals surface area contributed by atoms with E-state index in [0.717, 1.165) is 25.8 Å². The number of rotatable bonds is 3. The molecule has 98 valence electrons. The Morgan fingerprint density at radius 1 is 1.53 bits per heavy atom. The van der Waals surface area contributed by atoms with Gasteiger partial charge in [0.15, 0.2) is 0 Å². The molecule has 1 aromatic heterocycles. The van der Waals surface area contributed by atoms with Crippen LogP contribution in [-0.2, 0) is 4.79 Å². The Kier molecular flexibility index (Phi) is 3.20. The number of hydrogen-bond acceptors (Lipinski definition) is 5. The Morgan fingerprint density at radius 3 is 3.05 bits per heavy atom.